The van der Waals surface area contributed by atoms with Crippen molar-refractivity contribution in [2.24, 2.45) is 11.5 Å². The lowest BCUT2D eigenvalue weighted by molar-refractivity contribution is -0.123. The van der Waals surface area contributed by atoms with Gasteiger partial charge in [0.2, 0.25) is 5.91 Å². The second-order valence-corrected chi connectivity index (χ2v) is 2.99. The van der Waals surface area contributed by atoms with Crippen molar-refractivity contribution in [3.63, 3.8) is 0 Å². The van der Waals surface area contributed by atoms with E-state index in [1.54, 1.807) is 30.1 Å². The molecule has 1 aromatic heterocycles. The van der Waals surface area contributed by atoms with Crippen molar-refractivity contribution >= 4 is 5.91 Å². The molecule has 0 aliphatic heterocycles. The lowest BCUT2D eigenvalue weighted by atomic mass is 10.0. The van der Waals surface area contributed by atoms with Gasteiger partial charge in [0.15, 0.2) is 0 Å². The monoisotopic (exact) mass is 168 g/mol. The minimum absolute atomic E-state index is 0.301. The lowest BCUT2D eigenvalue weighted by Gasteiger charge is -2.19. The number of aromatic nitrogens is 2. The van der Waals surface area contributed by atoms with E-state index in [0.717, 1.165) is 0 Å². The van der Waals surface area contributed by atoms with Gasteiger partial charge in [0.05, 0.1) is 6.54 Å². The van der Waals surface area contributed by atoms with Gasteiger partial charge in [-0.2, -0.15) is 5.10 Å². The Morgan fingerprint density at radius 1 is 1.75 bits per heavy atom. The highest BCUT2D eigenvalue weighted by Crippen LogP contribution is 2.01. The molecule has 5 nitrogen and oxygen atoms in total. The van der Waals surface area contributed by atoms with E-state index in [1.807, 2.05) is 0 Å². The van der Waals surface area contributed by atoms with Crippen LogP contribution in [0.4, 0.5) is 0 Å². The number of carbonyl (C=O) groups excluding carboxylic acids is 1. The fourth-order valence-electron chi connectivity index (χ4n) is 0.808. The summed E-state index contributed by atoms with van der Waals surface area (Å²) in [5, 5.41) is 3.91. The first-order valence-corrected chi connectivity index (χ1v) is 3.58. The number of rotatable bonds is 3. The molecular weight excluding hydrogens is 156 g/mol. The fraction of sp³-hybridized carbons (Fsp3) is 0.429. The number of nitrogens with zero attached hydrogens (tertiary/aromatic N) is 2. The van der Waals surface area contributed by atoms with E-state index >= 15 is 0 Å². The Hall–Kier alpha value is -1.36. The maximum Gasteiger partial charge on any atom is 0.239 e. The van der Waals surface area contributed by atoms with Gasteiger partial charge in [-0.3, -0.25) is 9.48 Å². The van der Waals surface area contributed by atoms with Crippen LogP contribution in [0.15, 0.2) is 18.5 Å². The molecule has 0 bridgehead atoms. The Kier molecular flexibility index (Phi) is 2.14. The first-order valence-electron chi connectivity index (χ1n) is 3.58. The van der Waals surface area contributed by atoms with Crippen molar-refractivity contribution in [1.29, 1.82) is 0 Å². The van der Waals surface area contributed by atoms with Gasteiger partial charge in [-0.05, 0) is 13.0 Å². The molecule has 4 N–H and O–H groups in total. The second-order valence-electron chi connectivity index (χ2n) is 2.99. The molecule has 0 radical (unpaired) electrons. The SMILES string of the molecule is C[C@](N)(Cn1cccn1)C(N)=O. The summed E-state index contributed by atoms with van der Waals surface area (Å²) in [5.74, 6) is -0.530. The summed E-state index contributed by atoms with van der Waals surface area (Å²) in [6, 6.07) is 1.76. The number of hydrogen-bond donors (Lipinski definition) is 2. The number of nitrogens with two attached hydrogens (primary N) is 2. The molecular formula is C7H12N4O. The molecule has 12 heavy (non-hydrogen) atoms. The van der Waals surface area contributed by atoms with E-state index in [-0.39, 0.29) is 0 Å². The summed E-state index contributed by atoms with van der Waals surface area (Å²) >= 11 is 0. The number of carbonyl (C=O) groups is 1. The summed E-state index contributed by atoms with van der Waals surface area (Å²) in [6.07, 6.45) is 3.35. The van der Waals surface area contributed by atoms with E-state index in [4.69, 9.17) is 11.5 Å². The predicted molar refractivity (Wildman–Crippen MR) is 44.0 cm³/mol. The van der Waals surface area contributed by atoms with E-state index in [2.05, 4.69) is 5.10 Å². The maximum absolute atomic E-state index is 10.8. The van der Waals surface area contributed by atoms with Crippen LogP contribution in [0.1, 0.15) is 6.92 Å². The molecule has 0 unspecified atom stereocenters. The Balaban J connectivity index is 2.69. The molecule has 0 aliphatic rings. The minimum atomic E-state index is -1.04. The standard InChI is InChI=1S/C7H12N4O/c1-7(9,6(8)12)5-11-4-2-3-10-11/h2-4H,5,9H2,1H3,(H2,8,12)/t7-/m0/s1. The fourth-order valence-corrected chi connectivity index (χ4v) is 0.808. The van der Waals surface area contributed by atoms with E-state index < -0.39 is 11.4 Å². The van der Waals surface area contributed by atoms with Crippen molar-refractivity contribution in [1.82, 2.24) is 9.78 Å². The first kappa shape index (κ1) is 8.73. The average molecular weight is 168 g/mol. The van der Waals surface area contributed by atoms with Gasteiger partial charge in [-0.1, -0.05) is 0 Å². The Bertz CT molecular complexity index is 265. The van der Waals surface area contributed by atoms with Crippen molar-refractivity contribution in [2.75, 3.05) is 0 Å². The molecule has 0 aliphatic carbocycles. The van der Waals surface area contributed by atoms with Gasteiger partial charge in [0.1, 0.15) is 5.54 Å². The molecule has 1 atom stereocenters. The van der Waals surface area contributed by atoms with Gasteiger partial charge >= 0.3 is 0 Å². The third-order valence-electron chi connectivity index (χ3n) is 1.61. The molecule has 0 saturated heterocycles. The van der Waals surface area contributed by atoms with Crippen LogP contribution in [0.3, 0.4) is 0 Å². The molecule has 0 fully saturated rings. The van der Waals surface area contributed by atoms with Crippen molar-refractivity contribution in [3.8, 4) is 0 Å². The molecule has 66 valence electrons. The number of amides is 1. The van der Waals surface area contributed by atoms with E-state index in [0.29, 0.717) is 6.54 Å². The largest absolute Gasteiger partial charge is 0.368 e. The third kappa shape index (κ3) is 1.82. The zero-order valence-corrected chi connectivity index (χ0v) is 6.90. The molecule has 5 heteroatoms. The summed E-state index contributed by atoms with van der Waals surface area (Å²) < 4.78 is 1.57. The highest BCUT2D eigenvalue weighted by atomic mass is 16.1. The van der Waals surface area contributed by atoms with Gasteiger partial charge in [0, 0.05) is 12.4 Å². The van der Waals surface area contributed by atoms with E-state index in [9.17, 15) is 4.79 Å². The van der Waals surface area contributed by atoms with Crippen molar-refractivity contribution < 1.29 is 4.79 Å². The smallest absolute Gasteiger partial charge is 0.239 e. The highest BCUT2D eigenvalue weighted by molar-refractivity contribution is 5.83. The van der Waals surface area contributed by atoms with Crippen LogP contribution in [-0.4, -0.2) is 21.2 Å². The van der Waals surface area contributed by atoms with Gasteiger partial charge in [0.25, 0.3) is 0 Å². The quantitative estimate of drug-likeness (QED) is 0.612. The highest BCUT2D eigenvalue weighted by Gasteiger charge is 2.26. The average Bonchev–Trinajstić information content (AvgIpc) is 2.38. The molecule has 0 spiro atoms. The van der Waals surface area contributed by atoms with Crippen LogP contribution < -0.4 is 11.5 Å². The van der Waals surface area contributed by atoms with Gasteiger partial charge in [-0.15, -0.1) is 0 Å². The molecule has 0 saturated carbocycles. The van der Waals surface area contributed by atoms with Crippen molar-refractivity contribution in [2.45, 2.75) is 19.0 Å². The van der Waals surface area contributed by atoms with Crippen LogP contribution in [0, 0.1) is 0 Å². The summed E-state index contributed by atoms with van der Waals surface area (Å²) in [4.78, 5) is 10.8. The molecule has 1 rings (SSSR count). The van der Waals surface area contributed by atoms with Crippen LogP contribution in [0.5, 0.6) is 0 Å². The molecule has 0 aromatic carbocycles. The Morgan fingerprint density at radius 2 is 2.42 bits per heavy atom. The first-order chi connectivity index (χ1) is 5.52. The van der Waals surface area contributed by atoms with Crippen molar-refractivity contribution in [3.05, 3.63) is 18.5 Å². The molecule has 1 aromatic rings. The third-order valence-corrected chi connectivity index (χ3v) is 1.61. The minimum Gasteiger partial charge on any atom is -0.368 e. The zero-order chi connectivity index (χ0) is 9.19. The van der Waals surface area contributed by atoms with E-state index in [1.165, 1.54) is 0 Å². The molecule has 1 heterocycles. The zero-order valence-electron chi connectivity index (χ0n) is 6.90. The predicted octanol–water partition coefficient (Wildman–Crippen LogP) is -0.914. The van der Waals surface area contributed by atoms with Gasteiger partial charge < -0.3 is 11.5 Å². The second kappa shape index (κ2) is 2.94. The number of primary amides is 1. The Labute approximate surface area is 70.3 Å². The molecule has 1 amide bonds. The maximum atomic E-state index is 10.8. The van der Waals surface area contributed by atoms with Crippen LogP contribution in [0.25, 0.3) is 0 Å². The Morgan fingerprint density at radius 3 is 2.83 bits per heavy atom. The topological polar surface area (TPSA) is 86.9 Å². The van der Waals surface area contributed by atoms with Gasteiger partial charge in [-0.25, -0.2) is 0 Å². The van der Waals surface area contributed by atoms with Crippen LogP contribution >= 0.6 is 0 Å². The summed E-state index contributed by atoms with van der Waals surface area (Å²) in [7, 11) is 0. The van der Waals surface area contributed by atoms with Crippen LogP contribution in [0.2, 0.25) is 0 Å². The number of hydrogen-bond acceptors (Lipinski definition) is 3. The lowest BCUT2D eigenvalue weighted by Crippen LogP contribution is -2.52. The summed E-state index contributed by atoms with van der Waals surface area (Å²) in [5.41, 5.74) is 9.66. The normalized spacial score (nSPS) is 15.5. The summed E-state index contributed by atoms with van der Waals surface area (Å²) in [6.45, 7) is 1.88. The van der Waals surface area contributed by atoms with Crippen LogP contribution in [-0.2, 0) is 11.3 Å².